The summed E-state index contributed by atoms with van der Waals surface area (Å²) in [5.41, 5.74) is 1.26. The number of hydrogen-bond donors (Lipinski definition) is 0. The second-order valence-electron chi connectivity index (χ2n) is 8.21. The molecule has 1 fully saturated rings. The molecule has 9 heteroatoms. The minimum absolute atomic E-state index is 0.0413. The summed E-state index contributed by atoms with van der Waals surface area (Å²) in [7, 11) is 0. The molecule has 3 aromatic rings. The van der Waals surface area contributed by atoms with Crippen molar-refractivity contribution in [2.24, 2.45) is 0 Å². The van der Waals surface area contributed by atoms with Gasteiger partial charge in [-0.25, -0.2) is 4.98 Å². The first-order valence-electron chi connectivity index (χ1n) is 12.6. The fourth-order valence-corrected chi connectivity index (χ4v) is 5.17. The molecule has 1 aliphatic heterocycles. The Kier molecular flexibility index (Phi) is 8.88. The zero-order valence-electron chi connectivity index (χ0n) is 21.4. The van der Waals surface area contributed by atoms with Crippen LogP contribution in [0.2, 0.25) is 0 Å². The number of rotatable bonds is 12. The van der Waals surface area contributed by atoms with Gasteiger partial charge in [0, 0.05) is 12.2 Å². The van der Waals surface area contributed by atoms with Crippen LogP contribution < -0.4 is 23.8 Å². The minimum atomic E-state index is -0.195. The molecule has 0 bridgehead atoms. The van der Waals surface area contributed by atoms with Gasteiger partial charge in [0.1, 0.15) is 5.75 Å². The van der Waals surface area contributed by atoms with E-state index in [1.165, 1.54) is 11.3 Å². The number of hydrogen-bond acceptors (Lipinski definition) is 8. The molecule has 1 amide bonds. The SMILES string of the molecule is CCOc1ccc2nc(N(CC3CCCO3)C(=O)c3cc(OCC)c(OCC)c(OCC)c3)sc2c1. The summed E-state index contributed by atoms with van der Waals surface area (Å²) in [4.78, 5) is 20.5. The highest BCUT2D eigenvalue weighted by Crippen LogP contribution is 2.40. The molecular formula is C27H34N2O6S. The Balaban J connectivity index is 1.75. The minimum Gasteiger partial charge on any atom is -0.494 e. The third-order valence-corrected chi connectivity index (χ3v) is 6.74. The van der Waals surface area contributed by atoms with Gasteiger partial charge in [-0.2, -0.15) is 0 Å². The van der Waals surface area contributed by atoms with Crippen LogP contribution in [-0.2, 0) is 4.74 Å². The maximum Gasteiger partial charge on any atom is 0.260 e. The number of aromatic nitrogens is 1. The number of benzene rings is 2. The van der Waals surface area contributed by atoms with Crippen LogP contribution in [0.4, 0.5) is 5.13 Å². The van der Waals surface area contributed by atoms with E-state index in [1.54, 1.807) is 17.0 Å². The lowest BCUT2D eigenvalue weighted by Gasteiger charge is -2.24. The second kappa shape index (κ2) is 12.3. The van der Waals surface area contributed by atoms with Crippen molar-refractivity contribution in [3.8, 4) is 23.0 Å². The first kappa shape index (κ1) is 26.0. The summed E-state index contributed by atoms with van der Waals surface area (Å²) < 4.78 is 30.0. The van der Waals surface area contributed by atoms with Gasteiger partial charge in [0.15, 0.2) is 16.6 Å². The van der Waals surface area contributed by atoms with E-state index < -0.39 is 0 Å². The molecule has 0 spiro atoms. The molecule has 0 radical (unpaired) electrons. The van der Waals surface area contributed by atoms with Crippen LogP contribution in [-0.4, -0.2) is 56.6 Å². The van der Waals surface area contributed by atoms with Gasteiger partial charge in [-0.15, -0.1) is 0 Å². The molecule has 2 heterocycles. The van der Waals surface area contributed by atoms with Gasteiger partial charge in [-0.05, 0) is 70.9 Å². The quantitative estimate of drug-likeness (QED) is 0.306. The fraction of sp³-hybridized carbons (Fsp3) is 0.481. The number of ether oxygens (including phenoxy) is 5. The molecule has 1 unspecified atom stereocenters. The molecule has 194 valence electrons. The Morgan fingerprint density at radius 2 is 1.69 bits per heavy atom. The Morgan fingerprint density at radius 3 is 2.31 bits per heavy atom. The molecule has 1 aromatic heterocycles. The predicted octanol–water partition coefficient (Wildman–Crippen LogP) is 5.72. The Labute approximate surface area is 216 Å². The van der Waals surface area contributed by atoms with Crippen LogP contribution in [0.3, 0.4) is 0 Å². The van der Waals surface area contributed by atoms with Gasteiger partial charge in [-0.3, -0.25) is 9.69 Å². The Bertz CT molecular complexity index is 1150. The van der Waals surface area contributed by atoms with E-state index in [1.807, 2.05) is 45.9 Å². The van der Waals surface area contributed by atoms with Crippen LogP contribution in [0, 0.1) is 0 Å². The molecule has 1 atom stereocenters. The van der Waals surface area contributed by atoms with Crippen molar-refractivity contribution in [1.29, 1.82) is 0 Å². The molecule has 1 aliphatic rings. The second-order valence-corrected chi connectivity index (χ2v) is 9.22. The van der Waals surface area contributed by atoms with Crippen LogP contribution in [0.25, 0.3) is 10.2 Å². The highest BCUT2D eigenvalue weighted by molar-refractivity contribution is 7.22. The summed E-state index contributed by atoms with van der Waals surface area (Å²) >= 11 is 1.46. The zero-order valence-corrected chi connectivity index (χ0v) is 22.2. The van der Waals surface area contributed by atoms with Crippen molar-refractivity contribution in [1.82, 2.24) is 4.98 Å². The van der Waals surface area contributed by atoms with Crippen molar-refractivity contribution in [3.05, 3.63) is 35.9 Å². The van der Waals surface area contributed by atoms with Crippen molar-refractivity contribution in [2.45, 2.75) is 46.6 Å². The number of fused-ring (bicyclic) bond motifs is 1. The Hall–Kier alpha value is -3.04. The summed E-state index contributed by atoms with van der Waals surface area (Å²) in [6.07, 6.45) is 1.84. The van der Waals surface area contributed by atoms with E-state index in [9.17, 15) is 4.79 Å². The van der Waals surface area contributed by atoms with Crippen molar-refractivity contribution in [3.63, 3.8) is 0 Å². The van der Waals surface area contributed by atoms with Crippen molar-refractivity contribution in [2.75, 3.05) is 44.5 Å². The smallest absolute Gasteiger partial charge is 0.260 e. The molecule has 1 saturated heterocycles. The lowest BCUT2D eigenvalue weighted by atomic mass is 10.1. The topological polar surface area (TPSA) is 79.4 Å². The van der Waals surface area contributed by atoms with Gasteiger partial charge in [0.25, 0.3) is 5.91 Å². The van der Waals surface area contributed by atoms with Gasteiger partial charge >= 0.3 is 0 Å². The molecule has 36 heavy (non-hydrogen) atoms. The summed E-state index contributed by atoms with van der Waals surface area (Å²) in [5, 5.41) is 0.615. The first-order valence-corrected chi connectivity index (χ1v) is 13.4. The largest absolute Gasteiger partial charge is 0.494 e. The molecule has 2 aromatic carbocycles. The third kappa shape index (κ3) is 5.84. The highest BCUT2D eigenvalue weighted by Gasteiger charge is 2.29. The molecule has 0 saturated carbocycles. The number of anilines is 1. The summed E-state index contributed by atoms with van der Waals surface area (Å²) in [6.45, 7) is 10.7. The molecule has 0 N–H and O–H groups in total. The average molecular weight is 515 g/mol. The van der Waals surface area contributed by atoms with Crippen LogP contribution in [0.5, 0.6) is 23.0 Å². The van der Waals surface area contributed by atoms with E-state index in [-0.39, 0.29) is 12.0 Å². The monoisotopic (exact) mass is 514 g/mol. The first-order chi connectivity index (χ1) is 17.6. The standard InChI is InChI=1S/C27H34N2O6S/c1-5-31-19-11-12-21-24(16-19)36-27(28-21)29(17-20-10-9-13-35-20)26(30)18-14-22(32-6-2)25(34-8-4)23(15-18)33-7-3/h11-12,14-16,20H,5-10,13,17H2,1-4H3. The number of carbonyl (C=O) groups excluding carboxylic acids is 1. The third-order valence-electron chi connectivity index (χ3n) is 5.70. The highest BCUT2D eigenvalue weighted by atomic mass is 32.1. The summed E-state index contributed by atoms with van der Waals surface area (Å²) in [5.74, 6) is 2.06. The fourth-order valence-electron chi connectivity index (χ4n) is 4.17. The van der Waals surface area contributed by atoms with E-state index >= 15 is 0 Å². The van der Waals surface area contributed by atoms with Gasteiger partial charge in [0.05, 0.1) is 49.3 Å². The molecule has 8 nitrogen and oxygen atoms in total. The summed E-state index contributed by atoms with van der Waals surface area (Å²) in [6, 6.07) is 9.24. The maximum absolute atomic E-state index is 14.0. The van der Waals surface area contributed by atoms with E-state index in [2.05, 4.69) is 0 Å². The molecular weight excluding hydrogens is 480 g/mol. The van der Waals surface area contributed by atoms with Crippen LogP contribution in [0.15, 0.2) is 30.3 Å². The predicted molar refractivity (Wildman–Crippen MR) is 141 cm³/mol. The Morgan fingerprint density at radius 1 is 1.00 bits per heavy atom. The maximum atomic E-state index is 14.0. The van der Waals surface area contributed by atoms with Gasteiger partial charge in [-0.1, -0.05) is 11.3 Å². The number of nitrogens with zero attached hydrogens (tertiary/aromatic N) is 2. The van der Waals surface area contributed by atoms with Crippen molar-refractivity contribution >= 4 is 32.6 Å². The van der Waals surface area contributed by atoms with E-state index in [0.29, 0.717) is 67.5 Å². The van der Waals surface area contributed by atoms with Gasteiger partial charge in [0.2, 0.25) is 5.75 Å². The van der Waals surface area contributed by atoms with Crippen LogP contribution in [0.1, 0.15) is 50.9 Å². The van der Waals surface area contributed by atoms with E-state index in [0.717, 1.165) is 28.8 Å². The van der Waals surface area contributed by atoms with Crippen molar-refractivity contribution < 1.29 is 28.5 Å². The lowest BCUT2D eigenvalue weighted by molar-refractivity contribution is 0.0916. The molecule has 0 aliphatic carbocycles. The normalized spacial score (nSPS) is 15.2. The number of carbonyl (C=O) groups is 1. The molecule has 4 rings (SSSR count). The van der Waals surface area contributed by atoms with E-state index in [4.69, 9.17) is 28.7 Å². The number of thiazole rings is 1. The van der Waals surface area contributed by atoms with Crippen LogP contribution >= 0.6 is 11.3 Å². The lowest BCUT2D eigenvalue weighted by Crippen LogP contribution is -2.37. The average Bonchev–Trinajstić information content (AvgIpc) is 3.54. The van der Waals surface area contributed by atoms with Gasteiger partial charge < -0.3 is 23.7 Å². The number of amides is 1. The zero-order chi connectivity index (χ0) is 25.5.